The SMILES string of the molecule is Cc1ccccc1C=NNC(=O)NN=Cc1ccccc1C. The minimum atomic E-state index is -0.491. The average molecular weight is 294 g/mol. The Bertz CT molecular complexity index is 648. The number of carbonyl (C=O) groups is 1. The molecule has 2 N–H and O–H groups in total. The molecule has 0 saturated carbocycles. The van der Waals surface area contributed by atoms with Gasteiger partial charge in [-0.1, -0.05) is 48.5 Å². The van der Waals surface area contributed by atoms with Crippen molar-refractivity contribution in [1.29, 1.82) is 0 Å². The Labute approximate surface area is 129 Å². The van der Waals surface area contributed by atoms with Gasteiger partial charge in [-0.2, -0.15) is 10.2 Å². The molecule has 0 atom stereocenters. The lowest BCUT2D eigenvalue weighted by Gasteiger charge is -2.00. The van der Waals surface area contributed by atoms with E-state index in [4.69, 9.17) is 0 Å². The van der Waals surface area contributed by atoms with E-state index in [0.717, 1.165) is 22.3 Å². The number of rotatable bonds is 4. The molecule has 0 saturated heterocycles. The van der Waals surface area contributed by atoms with Gasteiger partial charge in [0.15, 0.2) is 0 Å². The maximum absolute atomic E-state index is 11.5. The van der Waals surface area contributed by atoms with E-state index < -0.39 is 6.03 Å². The van der Waals surface area contributed by atoms with E-state index in [9.17, 15) is 4.79 Å². The molecule has 0 radical (unpaired) electrons. The second-order valence-corrected chi connectivity index (χ2v) is 4.78. The molecule has 0 bridgehead atoms. The lowest BCUT2D eigenvalue weighted by atomic mass is 10.1. The molecule has 5 nitrogen and oxygen atoms in total. The zero-order valence-electron chi connectivity index (χ0n) is 12.6. The number of aryl methyl sites for hydroxylation is 2. The molecule has 0 aliphatic carbocycles. The van der Waals surface area contributed by atoms with Crippen LogP contribution < -0.4 is 10.9 Å². The van der Waals surface area contributed by atoms with E-state index in [2.05, 4.69) is 21.1 Å². The van der Waals surface area contributed by atoms with Crippen LogP contribution in [0.5, 0.6) is 0 Å². The summed E-state index contributed by atoms with van der Waals surface area (Å²) in [5.41, 5.74) is 8.81. The standard InChI is InChI=1S/C17H18N4O/c1-13-7-3-5-9-15(13)11-18-20-17(22)21-19-12-16-10-6-4-8-14(16)2/h3-12H,1-2H3,(H2,20,21,22). The van der Waals surface area contributed by atoms with Gasteiger partial charge in [0, 0.05) is 0 Å². The highest BCUT2D eigenvalue weighted by Crippen LogP contribution is 2.03. The molecular formula is C17H18N4O. The number of urea groups is 1. The molecule has 0 aliphatic heterocycles. The van der Waals surface area contributed by atoms with Crippen molar-refractivity contribution < 1.29 is 4.79 Å². The van der Waals surface area contributed by atoms with Gasteiger partial charge in [-0.25, -0.2) is 15.6 Å². The van der Waals surface area contributed by atoms with Crippen LogP contribution in [0.3, 0.4) is 0 Å². The van der Waals surface area contributed by atoms with E-state index in [1.54, 1.807) is 12.4 Å². The second kappa shape index (κ2) is 7.73. The van der Waals surface area contributed by atoms with Gasteiger partial charge in [-0.15, -0.1) is 0 Å². The first-order chi connectivity index (χ1) is 10.7. The first-order valence-electron chi connectivity index (χ1n) is 6.90. The summed E-state index contributed by atoms with van der Waals surface area (Å²) in [7, 11) is 0. The fourth-order valence-corrected chi connectivity index (χ4v) is 1.81. The summed E-state index contributed by atoms with van der Waals surface area (Å²) in [6.45, 7) is 3.96. The Kier molecular flexibility index (Phi) is 5.43. The largest absolute Gasteiger partial charge is 0.355 e. The Morgan fingerprint density at radius 3 is 1.64 bits per heavy atom. The van der Waals surface area contributed by atoms with Crippen LogP contribution in [-0.4, -0.2) is 18.5 Å². The van der Waals surface area contributed by atoms with Crippen LogP contribution in [0.15, 0.2) is 58.7 Å². The number of benzene rings is 2. The topological polar surface area (TPSA) is 65.8 Å². The highest BCUT2D eigenvalue weighted by Gasteiger charge is 1.96. The molecular weight excluding hydrogens is 276 g/mol. The fourth-order valence-electron chi connectivity index (χ4n) is 1.81. The number of hydrogen-bond acceptors (Lipinski definition) is 3. The highest BCUT2D eigenvalue weighted by molar-refractivity contribution is 5.85. The van der Waals surface area contributed by atoms with Crippen molar-refractivity contribution >= 4 is 18.5 Å². The molecule has 2 amide bonds. The van der Waals surface area contributed by atoms with E-state index in [1.807, 2.05) is 62.4 Å². The molecule has 2 rings (SSSR count). The van der Waals surface area contributed by atoms with Crippen molar-refractivity contribution in [1.82, 2.24) is 10.9 Å². The Balaban J connectivity index is 1.84. The molecule has 0 aromatic heterocycles. The third kappa shape index (κ3) is 4.56. The molecule has 0 spiro atoms. The summed E-state index contributed by atoms with van der Waals surface area (Å²) in [5, 5.41) is 7.77. The molecule has 0 unspecified atom stereocenters. The van der Waals surface area contributed by atoms with Crippen LogP contribution in [0.25, 0.3) is 0 Å². The molecule has 22 heavy (non-hydrogen) atoms. The lowest BCUT2D eigenvalue weighted by molar-refractivity contribution is 0.242. The van der Waals surface area contributed by atoms with Gasteiger partial charge >= 0.3 is 6.03 Å². The van der Waals surface area contributed by atoms with Crippen LogP contribution in [0, 0.1) is 13.8 Å². The van der Waals surface area contributed by atoms with Gasteiger partial charge in [-0.3, -0.25) is 0 Å². The molecule has 0 fully saturated rings. The number of nitrogens with zero attached hydrogens (tertiary/aromatic N) is 2. The van der Waals surface area contributed by atoms with Gasteiger partial charge < -0.3 is 0 Å². The first-order valence-corrected chi connectivity index (χ1v) is 6.90. The number of hydrazone groups is 2. The van der Waals surface area contributed by atoms with E-state index in [0.29, 0.717) is 0 Å². The van der Waals surface area contributed by atoms with E-state index >= 15 is 0 Å². The lowest BCUT2D eigenvalue weighted by Crippen LogP contribution is -2.28. The Hall–Kier alpha value is -2.95. The molecule has 5 heteroatoms. The summed E-state index contributed by atoms with van der Waals surface area (Å²) in [5.74, 6) is 0. The van der Waals surface area contributed by atoms with Gasteiger partial charge in [0.05, 0.1) is 12.4 Å². The third-order valence-corrected chi connectivity index (χ3v) is 3.12. The van der Waals surface area contributed by atoms with Crippen LogP contribution >= 0.6 is 0 Å². The maximum atomic E-state index is 11.5. The summed E-state index contributed by atoms with van der Waals surface area (Å²) in [6.07, 6.45) is 3.19. The number of amides is 2. The van der Waals surface area contributed by atoms with Crippen LogP contribution in [0.1, 0.15) is 22.3 Å². The monoisotopic (exact) mass is 294 g/mol. The summed E-state index contributed by atoms with van der Waals surface area (Å²) in [6, 6.07) is 15.1. The van der Waals surface area contributed by atoms with Crippen LogP contribution in [0.4, 0.5) is 4.79 Å². The highest BCUT2D eigenvalue weighted by atomic mass is 16.2. The second-order valence-electron chi connectivity index (χ2n) is 4.78. The van der Waals surface area contributed by atoms with Crippen molar-refractivity contribution in [3.8, 4) is 0 Å². The van der Waals surface area contributed by atoms with Crippen LogP contribution in [-0.2, 0) is 0 Å². The summed E-state index contributed by atoms with van der Waals surface area (Å²) < 4.78 is 0. The normalized spacial score (nSPS) is 11.0. The Morgan fingerprint density at radius 2 is 1.23 bits per heavy atom. The van der Waals surface area contributed by atoms with Crippen molar-refractivity contribution in [2.45, 2.75) is 13.8 Å². The minimum Gasteiger partial charge on any atom is -0.245 e. The van der Waals surface area contributed by atoms with E-state index in [1.165, 1.54) is 0 Å². The van der Waals surface area contributed by atoms with Gasteiger partial charge in [0.2, 0.25) is 0 Å². The number of nitrogens with one attached hydrogen (secondary N) is 2. The predicted molar refractivity (Wildman–Crippen MR) is 89.2 cm³/mol. The molecule has 2 aromatic rings. The van der Waals surface area contributed by atoms with E-state index in [-0.39, 0.29) is 0 Å². The summed E-state index contributed by atoms with van der Waals surface area (Å²) in [4.78, 5) is 11.5. The summed E-state index contributed by atoms with van der Waals surface area (Å²) >= 11 is 0. The molecule has 2 aromatic carbocycles. The van der Waals surface area contributed by atoms with Gasteiger partial charge in [-0.05, 0) is 36.1 Å². The average Bonchev–Trinajstić information content (AvgIpc) is 2.51. The predicted octanol–water partition coefficient (Wildman–Crippen LogP) is 2.97. The zero-order valence-corrected chi connectivity index (χ0v) is 12.6. The van der Waals surface area contributed by atoms with Crippen molar-refractivity contribution in [2.75, 3.05) is 0 Å². The van der Waals surface area contributed by atoms with Crippen molar-refractivity contribution in [3.63, 3.8) is 0 Å². The van der Waals surface area contributed by atoms with Crippen molar-refractivity contribution in [2.24, 2.45) is 10.2 Å². The zero-order chi connectivity index (χ0) is 15.8. The quantitative estimate of drug-likeness (QED) is 0.660. The molecule has 0 aliphatic rings. The number of hydrogen-bond donors (Lipinski definition) is 2. The van der Waals surface area contributed by atoms with Gasteiger partial charge in [0.1, 0.15) is 0 Å². The maximum Gasteiger partial charge on any atom is 0.355 e. The molecule has 112 valence electrons. The smallest absolute Gasteiger partial charge is 0.245 e. The third-order valence-electron chi connectivity index (χ3n) is 3.12. The van der Waals surface area contributed by atoms with Gasteiger partial charge in [0.25, 0.3) is 0 Å². The van der Waals surface area contributed by atoms with Crippen LogP contribution in [0.2, 0.25) is 0 Å². The molecule has 0 heterocycles. The van der Waals surface area contributed by atoms with Crippen molar-refractivity contribution in [3.05, 3.63) is 70.8 Å². The minimum absolute atomic E-state index is 0.491. The number of carbonyl (C=O) groups excluding carboxylic acids is 1. The Morgan fingerprint density at radius 1 is 0.818 bits per heavy atom. The fraction of sp³-hybridized carbons (Fsp3) is 0.118. The first kappa shape index (κ1) is 15.4.